The highest BCUT2D eigenvalue weighted by Gasteiger charge is 2.32. The van der Waals surface area contributed by atoms with Crippen LogP contribution in [0.25, 0.3) is 0 Å². The third kappa shape index (κ3) is 3.32. The van der Waals surface area contributed by atoms with E-state index in [2.05, 4.69) is 50.4 Å². The Hall–Kier alpha value is -0.820. The average Bonchev–Trinajstić information content (AvgIpc) is 3.17. The molecule has 1 aromatic rings. The maximum atomic E-state index is 3.85. The first-order valence-electron chi connectivity index (χ1n) is 7.07. The normalized spacial score (nSPS) is 17.4. The number of rotatable bonds is 6. The number of benzene rings is 1. The van der Waals surface area contributed by atoms with E-state index in [4.69, 9.17) is 0 Å². The highest BCUT2D eigenvalue weighted by molar-refractivity contribution is 5.25. The highest BCUT2D eigenvalue weighted by atomic mass is 15.0. The minimum Gasteiger partial charge on any atom is -0.307 e. The van der Waals surface area contributed by atoms with Gasteiger partial charge in [-0.2, -0.15) is 0 Å². The maximum absolute atomic E-state index is 3.85. The zero-order chi connectivity index (χ0) is 12.3. The van der Waals surface area contributed by atoms with Crippen LogP contribution in [0.3, 0.4) is 0 Å². The predicted molar refractivity (Wildman–Crippen MR) is 74.1 cm³/mol. The Morgan fingerprint density at radius 1 is 1.12 bits per heavy atom. The zero-order valence-electron chi connectivity index (χ0n) is 11.4. The standard InChI is InChI=1S/C16H25N/c1-4-15(5-2)17-16(14-10-11-14)13-8-6-12(3)7-9-13/h6-9,14-17H,4-5,10-11H2,1-3H3. The van der Waals surface area contributed by atoms with E-state index in [1.165, 1.54) is 36.8 Å². The summed E-state index contributed by atoms with van der Waals surface area (Å²) in [6.07, 6.45) is 5.24. The highest BCUT2D eigenvalue weighted by Crippen LogP contribution is 2.41. The Labute approximate surface area is 106 Å². The van der Waals surface area contributed by atoms with Crippen molar-refractivity contribution in [3.63, 3.8) is 0 Å². The second-order valence-corrected chi connectivity index (χ2v) is 5.41. The van der Waals surface area contributed by atoms with Gasteiger partial charge in [-0.05, 0) is 44.1 Å². The molecule has 0 heterocycles. The molecule has 1 heteroatoms. The smallest absolute Gasteiger partial charge is 0.0351 e. The monoisotopic (exact) mass is 231 g/mol. The largest absolute Gasteiger partial charge is 0.307 e. The molecular formula is C16H25N. The molecule has 1 aliphatic carbocycles. The molecule has 1 nitrogen and oxygen atoms in total. The van der Waals surface area contributed by atoms with Crippen molar-refractivity contribution in [2.45, 2.75) is 58.5 Å². The first-order valence-corrected chi connectivity index (χ1v) is 7.07. The first-order chi connectivity index (χ1) is 8.24. The molecule has 0 aromatic heterocycles. The van der Waals surface area contributed by atoms with Gasteiger partial charge in [0.25, 0.3) is 0 Å². The zero-order valence-corrected chi connectivity index (χ0v) is 11.4. The lowest BCUT2D eigenvalue weighted by atomic mass is 9.99. The van der Waals surface area contributed by atoms with E-state index in [-0.39, 0.29) is 0 Å². The second kappa shape index (κ2) is 5.68. The van der Waals surface area contributed by atoms with Crippen LogP contribution in [0.4, 0.5) is 0 Å². The van der Waals surface area contributed by atoms with Gasteiger partial charge in [-0.25, -0.2) is 0 Å². The van der Waals surface area contributed by atoms with E-state index in [1.54, 1.807) is 0 Å². The molecule has 1 saturated carbocycles. The van der Waals surface area contributed by atoms with E-state index in [0.717, 1.165) is 5.92 Å². The van der Waals surface area contributed by atoms with E-state index in [0.29, 0.717) is 12.1 Å². The van der Waals surface area contributed by atoms with Gasteiger partial charge in [0.2, 0.25) is 0 Å². The molecular weight excluding hydrogens is 206 g/mol. The molecule has 0 spiro atoms. The number of hydrogen-bond donors (Lipinski definition) is 1. The van der Waals surface area contributed by atoms with Gasteiger partial charge in [-0.3, -0.25) is 0 Å². The van der Waals surface area contributed by atoms with E-state index >= 15 is 0 Å². The predicted octanol–water partition coefficient (Wildman–Crippen LogP) is 4.22. The van der Waals surface area contributed by atoms with Crippen LogP contribution in [0.15, 0.2) is 24.3 Å². The van der Waals surface area contributed by atoms with Crippen LogP contribution in [0, 0.1) is 12.8 Å². The minimum atomic E-state index is 0.584. The lowest BCUT2D eigenvalue weighted by Gasteiger charge is -2.25. The maximum Gasteiger partial charge on any atom is 0.0351 e. The summed E-state index contributed by atoms with van der Waals surface area (Å²) in [7, 11) is 0. The van der Waals surface area contributed by atoms with Crippen molar-refractivity contribution in [1.82, 2.24) is 5.32 Å². The Morgan fingerprint density at radius 3 is 2.18 bits per heavy atom. The molecule has 1 aliphatic rings. The molecule has 1 atom stereocenters. The van der Waals surface area contributed by atoms with Crippen LogP contribution in [-0.4, -0.2) is 6.04 Å². The molecule has 0 amide bonds. The van der Waals surface area contributed by atoms with Crippen LogP contribution >= 0.6 is 0 Å². The minimum absolute atomic E-state index is 0.584. The quantitative estimate of drug-likeness (QED) is 0.772. The molecule has 0 aliphatic heterocycles. The lowest BCUT2D eigenvalue weighted by Crippen LogP contribution is -2.33. The Kier molecular flexibility index (Phi) is 4.22. The van der Waals surface area contributed by atoms with Crippen molar-refractivity contribution in [3.8, 4) is 0 Å². The Balaban J connectivity index is 2.08. The fraction of sp³-hybridized carbons (Fsp3) is 0.625. The average molecular weight is 231 g/mol. The van der Waals surface area contributed by atoms with Gasteiger partial charge in [0.05, 0.1) is 0 Å². The topological polar surface area (TPSA) is 12.0 Å². The van der Waals surface area contributed by atoms with E-state index < -0.39 is 0 Å². The fourth-order valence-corrected chi connectivity index (χ4v) is 2.49. The Morgan fingerprint density at radius 2 is 1.71 bits per heavy atom. The molecule has 1 fully saturated rings. The van der Waals surface area contributed by atoms with Gasteiger partial charge in [-0.15, -0.1) is 0 Å². The first kappa shape index (κ1) is 12.6. The number of nitrogens with one attached hydrogen (secondary N) is 1. The van der Waals surface area contributed by atoms with Crippen LogP contribution < -0.4 is 5.32 Å². The SMILES string of the molecule is CCC(CC)NC(c1ccc(C)cc1)C1CC1. The molecule has 17 heavy (non-hydrogen) atoms. The van der Waals surface area contributed by atoms with Crippen molar-refractivity contribution in [2.24, 2.45) is 5.92 Å². The fourth-order valence-electron chi connectivity index (χ4n) is 2.49. The van der Waals surface area contributed by atoms with Gasteiger partial charge < -0.3 is 5.32 Å². The summed E-state index contributed by atoms with van der Waals surface area (Å²) in [6.45, 7) is 6.71. The van der Waals surface area contributed by atoms with Crippen LogP contribution in [0.5, 0.6) is 0 Å². The van der Waals surface area contributed by atoms with Gasteiger partial charge in [0, 0.05) is 12.1 Å². The lowest BCUT2D eigenvalue weighted by molar-refractivity contribution is 0.386. The summed E-state index contributed by atoms with van der Waals surface area (Å²) < 4.78 is 0. The summed E-state index contributed by atoms with van der Waals surface area (Å²) in [5, 5.41) is 3.85. The van der Waals surface area contributed by atoms with Gasteiger partial charge in [-0.1, -0.05) is 43.7 Å². The summed E-state index contributed by atoms with van der Waals surface area (Å²) in [5.74, 6) is 0.873. The van der Waals surface area contributed by atoms with Gasteiger partial charge >= 0.3 is 0 Å². The molecule has 1 N–H and O–H groups in total. The molecule has 2 rings (SSSR count). The van der Waals surface area contributed by atoms with Crippen molar-refractivity contribution >= 4 is 0 Å². The third-order valence-electron chi connectivity index (χ3n) is 3.93. The van der Waals surface area contributed by atoms with E-state index in [9.17, 15) is 0 Å². The molecule has 1 unspecified atom stereocenters. The molecule has 94 valence electrons. The van der Waals surface area contributed by atoms with Crippen LogP contribution in [0.2, 0.25) is 0 Å². The van der Waals surface area contributed by atoms with Gasteiger partial charge in [0.15, 0.2) is 0 Å². The van der Waals surface area contributed by atoms with Crippen LogP contribution in [0.1, 0.15) is 56.7 Å². The summed E-state index contributed by atoms with van der Waals surface area (Å²) in [5.41, 5.74) is 2.83. The Bertz CT molecular complexity index is 333. The molecule has 0 bridgehead atoms. The molecule has 0 saturated heterocycles. The van der Waals surface area contributed by atoms with Crippen molar-refractivity contribution in [1.29, 1.82) is 0 Å². The number of hydrogen-bond acceptors (Lipinski definition) is 1. The van der Waals surface area contributed by atoms with Crippen LogP contribution in [-0.2, 0) is 0 Å². The van der Waals surface area contributed by atoms with Crippen molar-refractivity contribution in [3.05, 3.63) is 35.4 Å². The summed E-state index contributed by atoms with van der Waals surface area (Å²) in [4.78, 5) is 0. The molecule has 1 aromatic carbocycles. The van der Waals surface area contributed by atoms with Crippen molar-refractivity contribution in [2.75, 3.05) is 0 Å². The third-order valence-corrected chi connectivity index (χ3v) is 3.93. The second-order valence-electron chi connectivity index (χ2n) is 5.41. The van der Waals surface area contributed by atoms with Crippen molar-refractivity contribution < 1.29 is 0 Å². The van der Waals surface area contributed by atoms with E-state index in [1.807, 2.05) is 0 Å². The number of aryl methyl sites for hydroxylation is 1. The molecule has 0 radical (unpaired) electrons. The van der Waals surface area contributed by atoms with Gasteiger partial charge in [0.1, 0.15) is 0 Å². The summed E-state index contributed by atoms with van der Waals surface area (Å²) >= 11 is 0. The summed E-state index contributed by atoms with van der Waals surface area (Å²) in [6, 6.07) is 10.3.